The third-order valence-corrected chi connectivity index (χ3v) is 4.53. The number of amides is 3. The second-order valence-electron chi connectivity index (χ2n) is 5.81. The third kappa shape index (κ3) is 4.94. The third-order valence-electron chi connectivity index (χ3n) is 3.66. The quantitative estimate of drug-likeness (QED) is 0.617. The lowest BCUT2D eigenvalue weighted by Crippen LogP contribution is -2.28. The highest BCUT2D eigenvalue weighted by atomic mass is 32.1. The molecule has 2 aromatic carbocycles. The number of rotatable bonds is 5. The Hall–Kier alpha value is -3.12. The van der Waals surface area contributed by atoms with E-state index in [1.54, 1.807) is 30.3 Å². The van der Waals surface area contributed by atoms with Gasteiger partial charge in [0.25, 0.3) is 5.91 Å². The van der Waals surface area contributed by atoms with E-state index in [1.807, 2.05) is 42.6 Å². The SMILES string of the molecule is Cc1cccc(CNC(=O)Nc2cccc(NC(=O)c3cccs3)c2)c1. The summed E-state index contributed by atoms with van der Waals surface area (Å²) in [6.07, 6.45) is 0. The van der Waals surface area contributed by atoms with Crippen LogP contribution in [0.3, 0.4) is 0 Å². The van der Waals surface area contributed by atoms with E-state index in [0.717, 1.165) is 11.1 Å². The van der Waals surface area contributed by atoms with Crippen molar-refractivity contribution in [2.75, 3.05) is 10.6 Å². The number of urea groups is 1. The molecule has 0 spiro atoms. The Balaban J connectivity index is 1.56. The normalized spacial score (nSPS) is 10.2. The number of hydrogen-bond acceptors (Lipinski definition) is 3. The summed E-state index contributed by atoms with van der Waals surface area (Å²) >= 11 is 1.38. The van der Waals surface area contributed by atoms with E-state index in [4.69, 9.17) is 0 Å². The van der Waals surface area contributed by atoms with Gasteiger partial charge in [0.1, 0.15) is 0 Å². The van der Waals surface area contributed by atoms with E-state index in [0.29, 0.717) is 22.8 Å². The van der Waals surface area contributed by atoms with Gasteiger partial charge in [0.05, 0.1) is 4.88 Å². The van der Waals surface area contributed by atoms with Crippen LogP contribution in [0.25, 0.3) is 0 Å². The minimum atomic E-state index is -0.298. The van der Waals surface area contributed by atoms with E-state index in [1.165, 1.54) is 11.3 Å². The van der Waals surface area contributed by atoms with Crippen molar-refractivity contribution in [3.05, 3.63) is 82.0 Å². The molecule has 0 unspecified atom stereocenters. The van der Waals surface area contributed by atoms with Crippen LogP contribution in [0.15, 0.2) is 66.0 Å². The lowest BCUT2D eigenvalue weighted by molar-refractivity contribution is 0.103. The Kier molecular flexibility index (Phi) is 5.66. The topological polar surface area (TPSA) is 70.2 Å². The summed E-state index contributed by atoms with van der Waals surface area (Å²) in [6, 6.07) is 18.3. The maximum atomic E-state index is 12.1. The van der Waals surface area contributed by atoms with Crippen molar-refractivity contribution in [1.82, 2.24) is 5.32 Å². The van der Waals surface area contributed by atoms with Crippen molar-refractivity contribution in [3.63, 3.8) is 0 Å². The Morgan fingerprint density at radius 3 is 2.42 bits per heavy atom. The molecule has 3 rings (SSSR count). The molecule has 132 valence electrons. The average molecular weight is 365 g/mol. The van der Waals surface area contributed by atoms with Gasteiger partial charge in [-0.05, 0) is 42.1 Å². The molecule has 1 heterocycles. The molecule has 0 aliphatic rings. The number of aryl methyl sites for hydroxylation is 1. The molecule has 6 heteroatoms. The number of nitrogens with one attached hydrogen (secondary N) is 3. The van der Waals surface area contributed by atoms with Gasteiger partial charge in [-0.1, -0.05) is 42.0 Å². The van der Waals surface area contributed by atoms with Gasteiger partial charge < -0.3 is 16.0 Å². The minimum Gasteiger partial charge on any atom is -0.334 e. The van der Waals surface area contributed by atoms with Crippen molar-refractivity contribution in [2.24, 2.45) is 0 Å². The lowest BCUT2D eigenvalue weighted by Gasteiger charge is -2.10. The number of carbonyl (C=O) groups is 2. The number of thiophene rings is 1. The van der Waals surface area contributed by atoms with E-state index in [-0.39, 0.29) is 11.9 Å². The molecule has 1 aromatic heterocycles. The van der Waals surface area contributed by atoms with Gasteiger partial charge in [-0.3, -0.25) is 4.79 Å². The van der Waals surface area contributed by atoms with Crippen LogP contribution in [0.5, 0.6) is 0 Å². The molecule has 0 atom stereocenters. The Morgan fingerprint density at radius 2 is 1.69 bits per heavy atom. The van der Waals surface area contributed by atoms with Crippen molar-refractivity contribution in [3.8, 4) is 0 Å². The van der Waals surface area contributed by atoms with E-state index in [9.17, 15) is 9.59 Å². The van der Waals surface area contributed by atoms with Gasteiger partial charge in [-0.2, -0.15) is 0 Å². The summed E-state index contributed by atoms with van der Waals surface area (Å²) in [5.74, 6) is -0.166. The molecule has 0 bridgehead atoms. The Morgan fingerprint density at radius 1 is 0.923 bits per heavy atom. The molecule has 0 saturated carbocycles. The van der Waals surface area contributed by atoms with Crippen molar-refractivity contribution in [1.29, 1.82) is 0 Å². The first-order valence-corrected chi connectivity index (χ1v) is 9.03. The van der Waals surface area contributed by atoms with Gasteiger partial charge in [0.2, 0.25) is 0 Å². The first-order chi connectivity index (χ1) is 12.6. The fraction of sp³-hybridized carbons (Fsp3) is 0.100. The maximum Gasteiger partial charge on any atom is 0.319 e. The molecule has 0 saturated heterocycles. The van der Waals surface area contributed by atoms with Crippen LogP contribution in [0.1, 0.15) is 20.8 Å². The molecule has 0 aliphatic carbocycles. The zero-order chi connectivity index (χ0) is 18.4. The molecule has 26 heavy (non-hydrogen) atoms. The van der Waals surface area contributed by atoms with E-state index < -0.39 is 0 Å². The summed E-state index contributed by atoms with van der Waals surface area (Å²) in [7, 11) is 0. The van der Waals surface area contributed by atoms with Crippen LogP contribution < -0.4 is 16.0 Å². The molecule has 0 fully saturated rings. The molecule has 3 amide bonds. The summed E-state index contributed by atoms with van der Waals surface area (Å²) in [5, 5.41) is 10.3. The molecular weight excluding hydrogens is 346 g/mol. The highest BCUT2D eigenvalue weighted by Gasteiger charge is 2.08. The molecular formula is C20H19N3O2S. The second-order valence-corrected chi connectivity index (χ2v) is 6.76. The molecule has 0 radical (unpaired) electrons. The van der Waals surface area contributed by atoms with Crippen LogP contribution >= 0.6 is 11.3 Å². The molecule has 3 aromatic rings. The summed E-state index contributed by atoms with van der Waals surface area (Å²) in [5.41, 5.74) is 3.42. The number of benzene rings is 2. The average Bonchev–Trinajstić information content (AvgIpc) is 3.15. The number of anilines is 2. The Labute approximate surface area is 156 Å². The summed E-state index contributed by atoms with van der Waals surface area (Å²) in [4.78, 5) is 24.8. The predicted octanol–water partition coefficient (Wildman–Crippen LogP) is 4.63. The Bertz CT molecular complexity index is 907. The van der Waals surface area contributed by atoms with Crippen molar-refractivity contribution < 1.29 is 9.59 Å². The fourth-order valence-electron chi connectivity index (χ4n) is 2.45. The second kappa shape index (κ2) is 8.31. The highest BCUT2D eigenvalue weighted by Crippen LogP contribution is 2.17. The first kappa shape index (κ1) is 17.7. The van der Waals surface area contributed by atoms with Gasteiger partial charge in [0, 0.05) is 17.9 Å². The van der Waals surface area contributed by atoms with Crippen LogP contribution in [0, 0.1) is 6.92 Å². The largest absolute Gasteiger partial charge is 0.334 e. The smallest absolute Gasteiger partial charge is 0.319 e. The van der Waals surface area contributed by atoms with Crippen molar-refractivity contribution in [2.45, 2.75) is 13.5 Å². The van der Waals surface area contributed by atoms with Gasteiger partial charge in [0.15, 0.2) is 0 Å². The standard InChI is InChI=1S/C20H19N3O2S/c1-14-5-2-6-15(11-14)13-21-20(25)23-17-8-3-7-16(12-17)22-19(24)18-9-4-10-26-18/h2-12H,13H2,1H3,(H,22,24)(H2,21,23,25). The van der Waals surface area contributed by atoms with Gasteiger partial charge in [-0.15, -0.1) is 11.3 Å². The number of carbonyl (C=O) groups excluding carboxylic acids is 2. The van der Waals surface area contributed by atoms with Crippen LogP contribution in [-0.4, -0.2) is 11.9 Å². The molecule has 5 nitrogen and oxygen atoms in total. The summed E-state index contributed by atoms with van der Waals surface area (Å²) < 4.78 is 0. The first-order valence-electron chi connectivity index (χ1n) is 8.15. The lowest BCUT2D eigenvalue weighted by atomic mass is 10.1. The highest BCUT2D eigenvalue weighted by molar-refractivity contribution is 7.12. The zero-order valence-electron chi connectivity index (χ0n) is 14.3. The zero-order valence-corrected chi connectivity index (χ0v) is 15.1. The van der Waals surface area contributed by atoms with Crippen LogP contribution in [0.2, 0.25) is 0 Å². The number of hydrogen-bond donors (Lipinski definition) is 3. The van der Waals surface area contributed by atoms with Crippen molar-refractivity contribution >= 4 is 34.6 Å². The monoisotopic (exact) mass is 365 g/mol. The van der Waals surface area contributed by atoms with E-state index >= 15 is 0 Å². The maximum absolute atomic E-state index is 12.1. The summed E-state index contributed by atoms with van der Waals surface area (Å²) in [6.45, 7) is 2.46. The van der Waals surface area contributed by atoms with Crippen LogP contribution in [-0.2, 0) is 6.54 Å². The molecule has 0 aliphatic heterocycles. The predicted molar refractivity (Wildman–Crippen MR) is 106 cm³/mol. The molecule has 3 N–H and O–H groups in total. The minimum absolute atomic E-state index is 0.166. The van der Waals surface area contributed by atoms with Gasteiger partial charge >= 0.3 is 6.03 Å². The van der Waals surface area contributed by atoms with Gasteiger partial charge in [-0.25, -0.2) is 4.79 Å². The van der Waals surface area contributed by atoms with E-state index in [2.05, 4.69) is 16.0 Å². The fourth-order valence-corrected chi connectivity index (χ4v) is 3.07. The van der Waals surface area contributed by atoms with Crippen LogP contribution in [0.4, 0.5) is 16.2 Å².